The highest BCUT2D eigenvalue weighted by molar-refractivity contribution is 7.11. The van der Waals surface area contributed by atoms with E-state index in [0.717, 1.165) is 16.5 Å². The van der Waals surface area contributed by atoms with Gasteiger partial charge in [-0.25, -0.2) is 8.78 Å². The van der Waals surface area contributed by atoms with Crippen molar-refractivity contribution in [2.75, 3.05) is 0 Å². The first kappa shape index (κ1) is 20.8. The van der Waals surface area contributed by atoms with Gasteiger partial charge in [-0.05, 0) is 54.6 Å². The molecule has 3 rings (SSSR count). The summed E-state index contributed by atoms with van der Waals surface area (Å²) >= 11 is 1.53. The Balaban J connectivity index is 2.34. The minimum atomic E-state index is -1.05. The van der Waals surface area contributed by atoms with Crippen molar-refractivity contribution >= 4 is 22.5 Å². The molecule has 5 heteroatoms. The molecule has 0 bridgehead atoms. The quantitative estimate of drug-likeness (QED) is 0.466. The second-order valence-electron chi connectivity index (χ2n) is 6.32. The lowest BCUT2D eigenvalue weighted by Crippen LogP contribution is -2.07. The lowest BCUT2D eigenvalue weighted by atomic mass is 9.87. The van der Waals surface area contributed by atoms with Crippen LogP contribution in [0.3, 0.4) is 0 Å². The van der Waals surface area contributed by atoms with E-state index in [2.05, 4.69) is 4.98 Å². The lowest BCUT2D eigenvalue weighted by Gasteiger charge is -2.22. The summed E-state index contributed by atoms with van der Waals surface area (Å²) in [5, 5.41) is 13.3. The van der Waals surface area contributed by atoms with E-state index in [1.54, 1.807) is 36.7 Å². The molecule has 0 aliphatic rings. The molecule has 0 spiro atoms. The number of thiophene rings is 1. The summed E-state index contributed by atoms with van der Waals surface area (Å²) in [6.07, 6.45) is 7.57. The fourth-order valence-corrected chi connectivity index (χ4v) is 4.02. The molecule has 3 aromatic rings. The van der Waals surface area contributed by atoms with Gasteiger partial charge in [-0.3, -0.25) is 4.98 Å². The molecule has 1 atom stereocenters. The highest BCUT2D eigenvalue weighted by atomic mass is 32.1. The van der Waals surface area contributed by atoms with Crippen LogP contribution in [0.1, 0.15) is 36.0 Å². The Morgan fingerprint density at radius 2 is 1.97 bits per heavy atom. The zero-order chi connectivity index (χ0) is 20.8. The molecule has 0 aliphatic heterocycles. The van der Waals surface area contributed by atoms with Crippen LogP contribution in [-0.4, -0.2) is 10.1 Å². The van der Waals surface area contributed by atoms with E-state index < -0.39 is 17.7 Å². The van der Waals surface area contributed by atoms with Crippen LogP contribution >= 0.6 is 11.3 Å². The van der Waals surface area contributed by atoms with Crippen molar-refractivity contribution in [2.24, 2.45) is 0 Å². The molecule has 0 radical (unpaired) electrons. The number of aliphatic hydroxyl groups is 1. The maximum absolute atomic E-state index is 14.7. The largest absolute Gasteiger partial charge is 0.384 e. The summed E-state index contributed by atoms with van der Waals surface area (Å²) in [6.45, 7) is 3.69. The zero-order valence-corrected chi connectivity index (χ0v) is 17.0. The van der Waals surface area contributed by atoms with Crippen LogP contribution in [0.15, 0.2) is 84.0 Å². The molecule has 29 heavy (non-hydrogen) atoms. The van der Waals surface area contributed by atoms with E-state index in [1.165, 1.54) is 23.5 Å². The van der Waals surface area contributed by atoms with Gasteiger partial charge in [-0.2, -0.15) is 0 Å². The number of aromatic nitrogens is 1. The Bertz CT molecular complexity index is 1050. The summed E-state index contributed by atoms with van der Waals surface area (Å²) in [5.41, 5.74) is 2.61. The van der Waals surface area contributed by atoms with Gasteiger partial charge in [0.05, 0.1) is 0 Å². The van der Waals surface area contributed by atoms with E-state index in [0.29, 0.717) is 16.7 Å². The van der Waals surface area contributed by atoms with Gasteiger partial charge >= 0.3 is 0 Å². The molecule has 1 N–H and O–H groups in total. The van der Waals surface area contributed by atoms with Crippen molar-refractivity contribution < 1.29 is 13.9 Å². The SMILES string of the molecule is C\C=C/C(=C(\C(=C/C)c1cccs1)C(O)c1cccnc1)c1ccc(F)cc1F. The third kappa shape index (κ3) is 4.58. The van der Waals surface area contributed by atoms with Crippen LogP contribution in [-0.2, 0) is 0 Å². The Hall–Kier alpha value is -2.89. The van der Waals surface area contributed by atoms with Crippen LogP contribution in [0.25, 0.3) is 11.1 Å². The number of aliphatic hydroxyl groups excluding tert-OH is 1. The highest BCUT2D eigenvalue weighted by Gasteiger charge is 2.24. The van der Waals surface area contributed by atoms with Gasteiger partial charge in [0.25, 0.3) is 0 Å². The molecule has 1 aromatic carbocycles. The summed E-state index contributed by atoms with van der Waals surface area (Å²) in [7, 11) is 0. The number of allylic oxidation sites excluding steroid dienone is 4. The van der Waals surface area contributed by atoms with E-state index in [1.807, 2.05) is 37.4 Å². The fraction of sp³-hybridized carbons (Fsp3) is 0.125. The molecule has 2 aromatic heterocycles. The average Bonchev–Trinajstić information content (AvgIpc) is 3.25. The monoisotopic (exact) mass is 409 g/mol. The summed E-state index contributed by atoms with van der Waals surface area (Å²) in [5.74, 6) is -1.33. The third-order valence-electron chi connectivity index (χ3n) is 4.48. The minimum absolute atomic E-state index is 0.221. The molecule has 148 valence electrons. The normalized spacial score (nSPS) is 14.2. The van der Waals surface area contributed by atoms with Crippen LogP contribution in [0.2, 0.25) is 0 Å². The molecule has 0 fully saturated rings. The van der Waals surface area contributed by atoms with Crippen LogP contribution in [0.5, 0.6) is 0 Å². The molecule has 2 heterocycles. The number of rotatable bonds is 6. The van der Waals surface area contributed by atoms with E-state index in [4.69, 9.17) is 0 Å². The number of benzene rings is 1. The second kappa shape index (κ2) is 9.54. The molecule has 2 nitrogen and oxygen atoms in total. The first-order valence-electron chi connectivity index (χ1n) is 9.17. The average molecular weight is 410 g/mol. The number of hydrogen-bond donors (Lipinski definition) is 1. The van der Waals surface area contributed by atoms with Crippen LogP contribution < -0.4 is 0 Å². The van der Waals surface area contributed by atoms with Crippen LogP contribution in [0, 0.1) is 11.6 Å². The number of pyridine rings is 1. The van der Waals surface area contributed by atoms with Crippen molar-refractivity contribution in [3.8, 4) is 0 Å². The predicted octanol–water partition coefficient (Wildman–Crippen LogP) is 6.59. The van der Waals surface area contributed by atoms with E-state index in [-0.39, 0.29) is 5.56 Å². The molecular formula is C24H21F2NOS. The molecule has 0 aliphatic carbocycles. The topological polar surface area (TPSA) is 33.1 Å². The van der Waals surface area contributed by atoms with Gasteiger partial charge in [-0.1, -0.05) is 30.4 Å². The summed E-state index contributed by atoms with van der Waals surface area (Å²) in [4.78, 5) is 5.04. The van der Waals surface area contributed by atoms with Crippen molar-refractivity contribution in [3.63, 3.8) is 0 Å². The van der Waals surface area contributed by atoms with Crippen molar-refractivity contribution in [3.05, 3.63) is 112 Å². The van der Waals surface area contributed by atoms with Crippen LogP contribution in [0.4, 0.5) is 8.78 Å². The predicted molar refractivity (Wildman–Crippen MR) is 115 cm³/mol. The third-order valence-corrected chi connectivity index (χ3v) is 5.39. The maximum atomic E-state index is 14.7. The maximum Gasteiger partial charge on any atom is 0.133 e. The minimum Gasteiger partial charge on any atom is -0.384 e. The number of halogens is 2. The molecule has 1 unspecified atom stereocenters. The number of hydrogen-bond acceptors (Lipinski definition) is 3. The Kier molecular flexibility index (Phi) is 6.86. The zero-order valence-electron chi connectivity index (χ0n) is 16.1. The Morgan fingerprint density at radius 1 is 1.14 bits per heavy atom. The molecule has 0 saturated heterocycles. The second-order valence-corrected chi connectivity index (χ2v) is 7.27. The van der Waals surface area contributed by atoms with Crippen molar-refractivity contribution in [1.29, 1.82) is 0 Å². The highest BCUT2D eigenvalue weighted by Crippen LogP contribution is 2.41. The van der Waals surface area contributed by atoms with Gasteiger partial charge in [0.15, 0.2) is 0 Å². The van der Waals surface area contributed by atoms with Gasteiger partial charge in [0.2, 0.25) is 0 Å². The first-order chi connectivity index (χ1) is 14.1. The smallest absolute Gasteiger partial charge is 0.133 e. The Labute approximate surface area is 173 Å². The van der Waals surface area contributed by atoms with Gasteiger partial charge < -0.3 is 5.11 Å². The summed E-state index contributed by atoms with van der Waals surface area (Å²) < 4.78 is 28.3. The standard InChI is InChI=1S/C24H21F2NOS/c1-3-7-20(19-11-10-17(25)14-21(19)26)23(18(4-2)22-9-6-13-29-22)24(28)16-8-5-12-27-15-16/h3-15,24,28H,1-2H3/b7-3-,18-4-,23-20-. The Morgan fingerprint density at radius 3 is 2.55 bits per heavy atom. The van der Waals surface area contributed by atoms with Gasteiger partial charge in [0, 0.05) is 40.0 Å². The van der Waals surface area contributed by atoms with E-state index in [9.17, 15) is 13.9 Å². The van der Waals surface area contributed by atoms with Gasteiger partial charge in [0.1, 0.15) is 17.7 Å². The van der Waals surface area contributed by atoms with Crippen molar-refractivity contribution in [1.82, 2.24) is 4.98 Å². The number of nitrogens with zero attached hydrogens (tertiary/aromatic N) is 1. The first-order valence-corrected chi connectivity index (χ1v) is 10.1. The van der Waals surface area contributed by atoms with E-state index >= 15 is 0 Å². The molecular weight excluding hydrogens is 388 g/mol. The van der Waals surface area contributed by atoms with Gasteiger partial charge in [-0.15, -0.1) is 11.3 Å². The molecule has 0 amide bonds. The molecule has 0 saturated carbocycles. The lowest BCUT2D eigenvalue weighted by molar-refractivity contribution is 0.221. The summed E-state index contributed by atoms with van der Waals surface area (Å²) in [6, 6.07) is 10.9. The fourth-order valence-electron chi connectivity index (χ4n) is 3.21. The van der Waals surface area contributed by atoms with Crippen molar-refractivity contribution in [2.45, 2.75) is 20.0 Å².